The van der Waals surface area contributed by atoms with Crippen LogP contribution in [0.25, 0.3) is 34.3 Å². The second kappa shape index (κ2) is 4.22. The van der Waals surface area contributed by atoms with Gasteiger partial charge in [0.25, 0.3) is 0 Å². The van der Waals surface area contributed by atoms with E-state index in [2.05, 4.69) is 0 Å². The third-order valence-electron chi connectivity index (χ3n) is 2.92. The largest absolute Gasteiger partial charge is 0.452 e. The number of rotatable bonds is 2. The topological polar surface area (TPSA) is 26.3 Å². The second-order valence-electron chi connectivity index (χ2n) is 4.14. The monoisotopic (exact) mass is 238 g/mol. The Hall–Kier alpha value is -2.22. The van der Waals surface area contributed by atoms with Crippen LogP contribution in [-0.4, -0.2) is 0 Å². The molecule has 3 rings (SSSR count). The number of furan rings is 2. The molecule has 0 N–H and O–H groups in total. The minimum atomic E-state index is 0.822. The van der Waals surface area contributed by atoms with Gasteiger partial charge < -0.3 is 8.83 Å². The SMILES string of the molecule is C/C=C\c1oc2c(oc3ccccc32)c1/C=C\C. The van der Waals surface area contributed by atoms with E-state index in [4.69, 9.17) is 8.83 Å². The Morgan fingerprint density at radius 3 is 2.44 bits per heavy atom. The molecule has 0 aliphatic heterocycles. The highest BCUT2D eigenvalue weighted by molar-refractivity contribution is 6.05. The van der Waals surface area contributed by atoms with Gasteiger partial charge in [0.2, 0.25) is 0 Å². The maximum Gasteiger partial charge on any atom is 0.181 e. The fourth-order valence-electron chi connectivity index (χ4n) is 2.18. The fourth-order valence-corrected chi connectivity index (χ4v) is 2.18. The van der Waals surface area contributed by atoms with E-state index in [1.807, 2.05) is 62.4 Å². The predicted molar refractivity (Wildman–Crippen MR) is 75.4 cm³/mol. The molecule has 0 aliphatic carbocycles. The number of fused-ring (bicyclic) bond motifs is 3. The van der Waals surface area contributed by atoms with Gasteiger partial charge in [-0.1, -0.05) is 30.4 Å². The van der Waals surface area contributed by atoms with Crippen molar-refractivity contribution in [3.63, 3.8) is 0 Å². The molecule has 0 atom stereocenters. The van der Waals surface area contributed by atoms with Crippen molar-refractivity contribution < 1.29 is 8.83 Å². The van der Waals surface area contributed by atoms with Crippen LogP contribution in [0.15, 0.2) is 45.3 Å². The van der Waals surface area contributed by atoms with E-state index in [9.17, 15) is 0 Å². The van der Waals surface area contributed by atoms with Gasteiger partial charge in [0.1, 0.15) is 11.3 Å². The van der Waals surface area contributed by atoms with Crippen molar-refractivity contribution in [3.05, 3.63) is 47.7 Å². The Labute approximate surface area is 105 Å². The summed E-state index contributed by atoms with van der Waals surface area (Å²) in [5.74, 6) is 0.843. The highest BCUT2D eigenvalue weighted by atomic mass is 16.4. The Morgan fingerprint density at radius 2 is 1.67 bits per heavy atom. The Bertz CT molecular complexity index is 754. The van der Waals surface area contributed by atoms with Crippen LogP contribution in [0.3, 0.4) is 0 Å². The van der Waals surface area contributed by atoms with Crippen LogP contribution in [0.4, 0.5) is 0 Å². The summed E-state index contributed by atoms with van der Waals surface area (Å²) in [6, 6.07) is 7.93. The van der Waals surface area contributed by atoms with E-state index in [1.165, 1.54) is 0 Å². The molecule has 0 aliphatic rings. The molecule has 0 saturated carbocycles. The van der Waals surface area contributed by atoms with Crippen LogP contribution in [-0.2, 0) is 0 Å². The van der Waals surface area contributed by atoms with Crippen LogP contribution < -0.4 is 0 Å². The summed E-state index contributed by atoms with van der Waals surface area (Å²) in [5.41, 5.74) is 3.51. The Morgan fingerprint density at radius 1 is 0.889 bits per heavy atom. The number of hydrogen-bond acceptors (Lipinski definition) is 2. The first-order valence-corrected chi connectivity index (χ1v) is 6.04. The maximum atomic E-state index is 5.91. The lowest BCUT2D eigenvalue weighted by Crippen LogP contribution is -1.71. The summed E-state index contributed by atoms with van der Waals surface area (Å²) in [6.45, 7) is 3.96. The average Bonchev–Trinajstić information content (AvgIpc) is 2.89. The Balaban J connectivity index is 2.42. The molecule has 2 nitrogen and oxygen atoms in total. The molecule has 0 radical (unpaired) electrons. The van der Waals surface area contributed by atoms with Crippen LogP contribution >= 0.6 is 0 Å². The minimum Gasteiger partial charge on any atom is -0.452 e. The molecule has 2 aromatic heterocycles. The first-order chi connectivity index (χ1) is 8.85. The minimum absolute atomic E-state index is 0.822. The lowest BCUT2D eigenvalue weighted by Gasteiger charge is -1.91. The molecule has 0 spiro atoms. The molecule has 90 valence electrons. The molecule has 3 aromatic rings. The number of para-hydroxylation sites is 1. The molecule has 18 heavy (non-hydrogen) atoms. The van der Waals surface area contributed by atoms with Crippen molar-refractivity contribution in [1.29, 1.82) is 0 Å². The highest BCUT2D eigenvalue weighted by Gasteiger charge is 2.17. The molecule has 2 heteroatoms. The van der Waals surface area contributed by atoms with Crippen molar-refractivity contribution in [3.8, 4) is 0 Å². The van der Waals surface area contributed by atoms with Gasteiger partial charge in [0, 0.05) is 0 Å². The summed E-state index contributed by atoms with van der Waals surface area (Å²) in [5, 5.41) is 1.02. The molecular formula is C16H14O2. The van der Waals surface area contributed by atoms with E-state index in [-0.39, 0.29) is 0 Å². The zero-order valence-corrected chi connectivity index (χ0v) is 10.4. The van der Waals surface area contributed by atoms with Gasteiger partial charge in [0.05, 0.1) is 10.9 Å². The summed E-state index contributed by atoms with van der Waals surface area (Å²) >= 11 is 0. The van der Waals surface area contributed by atoms with Crippen LogP contribution in [0.2, 0.25) is 0 Å². The van der Waals surface area contributed by atoms with Crippen LogP contribution in [0, 0.1) is 0 Å². The summed E-state index contributed by atoms with van der Waals surface area (Å²) in [7, 11) is 0. The smallest absolute Gasteiger partial charge is 0.181 e. The molecule has 0 unspecified atom stereocenters. The van der Waals surface area contributed by atoms with Gasteiger partial charge in [0.15, 0.2) is 11.2 Å². The van der Waals surface area contributed by atoms with Crippen molar-refractivity contribution in [2.45, 2.75) is 13.8 Å². The predicted octanol–water partition coefficient (Wildman–Crippen LogP) is 5.25. The summed E-state index contributed by atoms with van der Waals surface area (Å²) in [6.07, 6.45) is 7.93. The van der Waals surface area contributed by atoms with Gasteiger partial charge in [-0.05, 0) is 32.1 Å². The van der Waals surface area contributed by atoms with Crippen molar-refractivity contribution in [2.75, 3.05) is 0 Å². The standard InChI is InChI=1S/C16H14O2/c1-3-7-11-13(8-4-2)17-16-12-9-5-6-10-14(12)18-15(11)16/h3-10H,1-2H3/b7-3-,8-4-. The summed E-state index contributed by atoms with van der Waals surface area (Å²) < 4.78 is 11.8. The van der Waals surface area contributed by atoms with E-state index >= 15 is 0 Å². The maximum absolute atomic E-state index is 5.91. The van der Waals surface area contributed by atoms with E-state index in [0.717, 1.165) is 33.5 Å². The van der Waals surface area contributed by atoms with Crippen molar-refractivity contribution >= 4 is 34.3 Å². The zero-order valence-electron chi connectivity index (χ0n) is 10.4. The van der Waals surface area contributed by atoms with Gasteiger partial charge in [-0.25, -0.2) is 0 Å². The molecule has 0 bridgehead atoms. The summed E-state index contributed by atoms with van der Waals surface area (Å²) in [4.78, 5) is 0. The van der Waals surface area contributed by atoms with Gasteiger partial charge in [-0.2, -0.15) is 0 Å². The third-order valence-corrected chi connectivity index (χ3v) is 2.92. The van der Waals surface area contributed by atoms with Crippen molar-refractivity contribution in [1.82, 2.24) is 0 Å². The van der Waals surface area contributed by atoms with Gasteiger partial charge in [-0.3, -0.25) is 0 Å². The lowest BCUT2D eigenvalue weighted by molar-refractivity contribution is 0.604. The third kappa shape index (κ3) is 1.50. The molecule has 0 fully saturated rings. The lowest BCUT2D eigenvalue weighted by atomic mass is 10.2. The van der Waals surface area contributed by atoms with Crippen molar-refractivity contribution in [2.24, 2.45) is 0 Å². The molecule has 2 heterocycles. The molecule has 1 aromatic carbocycles. The molecule has 0 saturated heterocycles. The normalized spacial score (nSPS) is 12.6. The number of benzene rings is 1. The van der Waals surface area contributed by atoms with E-state index in [1.54, 1.807) is 0 Å². The zero-order chi connectivity index (χ0) is 12.5. The average molecular weight is 238 g/mol. The van der Waals surface area contributed by atoms with E-state index in [0.29, 0.717) is 0 Å². The Kier molecular flexibility index (Phi) is 2.56. The number of allylic oxidation sites excluding steroid dienone is 2. The second-order valence-corrected chi connectivity index (χ2v) is 4.14. The molecule has 0 amide bonds. The number of hydrogen-bond donors (Lipinski definition) is 0. The van der Waals surface area contributed by atoms with Crippen LogP contribution in [0.5, 0.6) is 0 Å². The molecular weight excluding hydrogens is 224 g/mol. The fraction of sp³-hybridized carbons (Fsp3) is 0.125. The first kappa shape index (κ1) is 10.9. The highest BCUT2D eigenvalue weighted by Crippen LogP contribution is 2.36. The van der Waals surface area contributed by atoms with E-state index < -0.39 is 0 Å². The van der Waals surface area contributed by atoms with Gasteiger partial charge >= 0.3 is 0 Å². The van der Waals surface area contributed by atoms with Crippen LogP contribution in [0.1, 0.15) is 25.2 Å². The quantitative estimate of drug-likeness (QED) is 0.609. The van der Waals surface area contributed by atoms with Gasteiger partial charge in [-0.15, -0.1) is 0 Å². The first-order valence-electron chi connectivity index (χ1n) is 6.04.